The molecule has 31 heavy (non-hydrogen) atoms. The quantitative estimate of drug-likeness (QED) is 0.356. The summed E-state index contributed by atoms with van der Waals surface area (Å²) in [5.41, 5.74) is 10.5. The van der Waals surface area contributed by atoms with E-state index in [4.69, 9.17) is 4.98 Å². The number of aryl methyl sites for hydroxylation is 3. The molecule has 160 valence electrons. The molecule has 3 heterocycles. The Bertz CT molecular complexity index is 1170. The molecule has 4 rings (SSSR count). The normalized spacial score (nSPS) is 11.5. The third kappa shape index (κ3) is 4.54. The van der Waals surface area contributed by atoms with Gasteiger partial charge in [-0.25, -0.2) is 0 Å². The molecule has 0 saturated heterocycles. The molecule has 4 nitrogen and oxygen atoms in total. The van der Waals surface area contributed by atoms with Crippen molar-refractivity contribution in [3.8, 4) is 22.4 Å². The first-order valence-corrected chi connectivity index (χ1v) is 11.2. The minimum Gasteiger partial charge on any atom is -0.354 e. The molecule has 0 aliphatic rings. The first-order chi connectivity index (χ1) is 15.0. The molecule has 4 heteroatoms. The van der Waals surface area contributed by atoms with Crippen molar-refractivity contribution < 1.29 is 0 Å². The van der Waals surface area contributed by atoms with Gasteiger partial charge in [-0.2, -0.15) is 0 Å². The number of pyridine rings is 2. The van der Waals surface area contributed by atoms with Crippen molar-refractivity contribution in [3.05, 3.63) is 71.3 Å². The van der Waals surface area contributed by atoms with Crippen LogP contribution in [-0.2, 0) is 6.42 Å². The first kappa shape index (κ1) is 21.3. The average Bonchev–Trinajstić information content (AvgIpc) is 3.13. The van der Waals surface area contributed by atoms with Gasteiger partial charge in [-0.05, 0) is 87.7 Å². The molecule has 0 aliphatic carbocycles. The van der Waals surface area contributed by atoms with Gasteiger partial charge in [-0.3, -0.25) is 9.97 Å². The van der Waals surface area contributed by atoms with Crippen LogP contribution in [0.15, 0.2) is 48.7 Å². The zero-order chi connectivity index (χ0) is 22.0. The number of H-pyrrole nitrogens is 1. The number of aromatic amines is 1. The highest BCUT2D eigenvalue weighted by Crippen LogP contribution is 2.37. The number of fused-ring (bicyclic) bond motifs is 1. The molecule has 0 unspecified atom stereocenters. The Balaban J connectivity index is 1.74. The maximum atomic E-state index is 4.69. The molecule has 0 spiro atoms. The molecule has 2 N–H and O–H groups in total. The fraction of sp³-hybridized carbons (Fsp3) is 0.333. The van der Waals surface area contributed by atoms with Gasteiger partial charge < -0.3 is 10.3 Å². The van der Waals surface area contributed by atoms with Crippen LogP contribution in [0.4, 0.5) is 0 Å². The van der Waals surface area contributed by atoms with Crippen molar-refractivity contribution >= 4 is 10.9 Å². The molecule has 0 fully saturated rings. The van der Waals surface area contributed by atoms with E-state index in [0.29, 0.717) is 5.92 Å². The molecular weight excluding hydrogens is 380 g/mol. The molecule has 4 aromatic rings. The van der Waals surface area contributed by atoms with Crippen molar-refractivity contribution in [3.63, 3.8) is 0 Å². The number of aromatic nitrogens is 3. The van der Waals surface area contributed by atoms with Gasteiger partial charge in [0.1, 0.15) is 0 Å². The SMILES string of the molecule is CNCCCc1ccc(-c2ccc3[nH]c(-c4cc(C)nc(C)c4)c(C(C)C)c3c2)cn1. The summed E-state index contributed by atoms with van der Waals surface area (Å²) in [4.78, 5) is 12.9. The van der Waals surface area contributed by atoms with E-state index in [-0.39, 0.29) is 0 Å². The van der Waals surface area contributed by atoms with E-state index in [0.717, 1.165) is 42.0 Å². The summed E-state index contributed by atoms with van der Waals surface area (Å²) in [6.07, 6.45) is 4.12. The number of hydrogen-bond acceptors (Lipinski definition) is 3. The van der Waals surface area contributed by atoms with Crippen LogP contribution >= 0.6 is 0 Å². The predicted molar refractivity (Wildman–Crippen MR) is 131 cm³/mol. The predicted octanol–water partition coefficient (Wildman–Crippen LogP) is 6.18. The number of nitrogens with zero attached hydrogens (tertiary/aromatic N) is 2. The zero-order valence-electron chi connectivity index (χ0n) is 19.2. The van der Waals surface area contributed by atoms with Gasteiger partial charge in [-0.15, -0.1) is 0 Å². The van der Waals surface area contributed by atoms with Crippen LogP contribution in [-0.4, -0.2) is 28.5 Å². The molecule has 0 radical (unpaired) electrons. The van der Waals surface area contributed by atoms with E-state index in [1.165, 1.54) is 33.3 Å². The Kier molecular flexibility index (Phi) is 6.19. The number of rotatable bonds is 7. The van der Waals surface area contributed by atoms with Gasteiger partial charge in [0, 0.05) is 45.3 Å². The standard InChI is InChI=1S/C27H32N4/c1-17(2)26-24-15-20(21-8-10-23(29-16-21)7-6-12-28-5)9-11-25(24)31-27(26)22-13-18(3)30-19(4)14-22/h8-11,13-17,28,31H,6-7,12H2,1-5H3. The Labute approximate surface area is 185 Å². The summed E-state index contributed by atoms with van der Waals surface area (Å²) in [5, 5.41) is 4.48. The highest BCUT2D eigenvalue weighted by molar-refractivity contribution is 5.94. The average molecular weight is 413 g/mol. The molecule has 0 atom stereocenters. The highest BCUT2D eigenvalue weighted by Gasteiger charge is 2.17. The molecule has 0 saturated carbocycles. The number of nitrogens with one attached hydrogen (secondary N) is 2. The van der Waals surface area contributed by atoms with E-state index >= 15 is 0 Å². The lowest BCUT2D eigenvalue weighted by Gasteiger charge is -2.10. The van der Waals surface area contributed by atoms with Gasteiger partial charge in [0.05, 0.1) is 5.69 Å². The van der Waals surface area contributed by atoms with Crippen LogP contribution in [0.25, 0.3) is 33.3 Å². The minimum atomic E-state index is 0.403. The second-order valence-corrected chi connectivity index (χ2v) is 8.71. The highest BCUT2D eigenvalue weighted by atomic mass is 14.8. The molecule has 0 aliphatic heterocycles. The Morgan fingerprint density at radius 3 is 2.32 bits per heavy atom. The van der Waals surface area contributed by atoms with E-state index in [2.05, 4.69) is 85.4 Å². The summed E-state index contributed by atoms with van der Waals surface area (Å²) in [5.74, 6) is 0.403. The molecule has 0 bridgehead atoms. The van der Waals surface area contributed by atoms with Crippen molar-refractivity contribution in [1.29, 1.82) is 0 Å². The van der Waals surface area contributed by atoms with Crippen LogP contribution in [0, 0.1) is 13.8 Å². The number of benzene rings is 1. The fourth-order valence-electron chi connectivity index (χ4n) is 4.39. The lowest BCUT2D eigenvalue weighted by Crippen LogP contribution is -2.08. The lowest BCUT2D eigenvalue weighted by atomic mass is 9.94. The maximum absolute atomic E-state index is 4.69. The second kappa shape index (κ2) is 9.03. The molecule has 1 aromatic carbocycles. The van der Waals surface area contributed by atoms with Crippen molar-refractivity contribution in [2.75, 3.05) is 13.6 Å². The topological polar surface area (TPSA) is 53.6 Å². The lowest BCUT2D eigenvalue weighted by molar-refractivity contribution is 0.715. The first-order valence-electron chi connectivity index (χ1n) is 11.2. The van der Waals surface area contributed by atoms with Gasteiger partial charge in [0.2, 0.25) is 0 Å². The van der Waals surface area contributed by atoms with Gasteiger partial charge in [-0.1, -0.05) is 26.0 Å². The second-order valence-electron chi connectivity index (χ2n) is 8.71. The van der Waals surface area contributed by atoms with Crippen molar-refractivity contribution in [2.24, 2.45) is 0 Å². The third-order valence-corrected chi connectivity index (χ3v) is 5.80. The fourth-order valence-corrected chi connectivity index (χ4v) is 4.39. The van der Waals surface area contributed by atoms with Gasteiger partial charge >= 0.3 is 0 Å². The number of hydrogen-bond donors (Lipinski definition) is 2. The molecule has 3 aromatic heterocycles. The van der Waals surface area contributed by atoms with Crippen LogP contribution in [0.1, 0.15) is 48.8 Å². The molecule has 0 amide bonds. The monoisotopic (exact) mass is 412 g/mol. The molecular formula is C27H32N4. The van der Waals surface area contributed by atoms with E-state index in [1.807, 2.05) is 13.2 Å². The Hall–Kier alpha value is -2.98. The smallest absolute Gasteiger partial charge is 0.0501 e. The van der Waals surface area contributed by atoms with Gasteiger partial charge in [0.15, 0.2) is 0 Å². The van der Waals surface area contributed by atoms with Crippen molar-refractivity contribution in [2.45, 2.75) is 46.5 Å². The van der Waals surface area contributed by atoms with E-state index < -0.39 is 0 Å². The zero-order valence-corrected chi connectivity index (χ0v) is 19.2. The van der Waals surface area contributed by atoms with E-state index in [1.54, 1.807) is 0 Å². The summed E-state index contributed by atoms with van der Waals surface area (Å²) < 4.78 is 0. The van der Waals surface area contributed by atoms with E-state index in [9.17, 15) is 0 Å². The summed E-state index contributed by atoms with van der Waals surface area (Å²) in [6.45, 7) is 9.66. The van der Waals surface area contributed by atoms with Crippen molar-refractivity contribution in [1.82, 2.24) is 20.3 Å². The van der Waals surface area contributed by atoms with Gasteiger partial charge in [0.25, 0.3) is 0 Å². The van der Waals surface area contributed by atoms with Crippen LogP contribution in [0.2, 0.25) is 0 Å². The Morgan fingerprint density at radius 1 is 0.935 bits per heavy atom. The summed E-state index contributed by atoms with van der Waals surface area (Å²) in [7, 11) is 1.99. The minimum absolute atomic E-state index is 0.403. The third-order valence-electron chi connectivity index (χ3n) is 5.80. The Morgan fingerprint density at radius 2 is 1.68 bits per heavy atom. The maximum Gasteiger partial charge on any atom is 0.0501 e. The van der Waals surface area contributed by atoms with Crippen LogP contribution in [0.5, 0.6) is 0 Å². The van der Waals surface area contributed by atoms with Crippen LogP contribution < -0.4 is 5.32 Å². The van der Waals surface area contributed by atoms with Crippen LogP contribution in [0.3, 0.4) is 0 Å². The summed E-state index contributed by atoms with van der Waals surface area (Å²) >= 11 is 0. The largest absolute Gasteiger partial charge is 0.354 e. The summed E-state index contributed by atoms with van der Waals surface area (Å²) in [6, 6.07) is 15.4.